The molecular weight excluding hydrogens is 141 g/mol. The normalized spacial score (nSPS) is 39.5. The van der Waals surface area contributed by atoms with Crippen LogP contribution in [0.5, 0.6) is 0 Å². The zero-order valence-electron chi connectivity index (χ0n) is 7.65. The summed E-state index contributed by atoms with van der Waals surface area (Å²) < 4.78 is 13.7. The first kappa shape index (κ1) is 8.98. The van der Waals surface area contributed by atoms with Crippen LogP contribution in [0.2, 0.25) is 0 Å². The largest absolute Gasteiger partial charge is 0.314 e. The van der Waals surface area contributed by atoms with E-state index in [4.69, 9.17) is 0 Å². The van der Waals surface area contributed by atoms with Crippen molar-refractivity contribution in [1.29, 1.82) is 0 Å². The van der Waals surface area contributed by atoms with Crippen LogP contribution in [0.1, 0.15) is 27.2 Å². The molecule has 66 valence electrons. The molecule has 0 spiro atoms. The van der Waals surface area contributed by atoms with Crippen LogP contribution in [0.4, 0.5) is 4.39 Å². The van der Waals surface area contributed by atoms with Gasteiger partial charge in [-0.05, 0) is 31.7 Å². The standard InChI is InChI=1S/C9H18FN/c1-7(2)8-4-5-11-6-9(8,3)10/h7-8,11H,4-6H2,1-3H3. The Morgan fingerprint density at radius 1 is 1.55 bits per heavy atom. The monoisotopic (exact) mass is 159 g/mol. The van der Waals surface area contributed by atoms with Gasteiger partial charge in [0.1, 0.15) is 5.67 Å². The average molecular weight is 159 g/mol. The van der Waals surface area contributed by atoms with Crippen LogP contribution in [0.3, 0.4) is 0 Å². The number of rotatable bonds is 1. The van der Waals surface area contributed by atoms with E-state index in [2.05, 4.69) is 19.2 Å². The maximum Gasteiger partial charge on any atom is 0.123 e. The molecule has 2 unspecified atom stereocenters. The first-order valence-corrected chi connectivity index (χ1v) is 4.43. The first-order valence-electron chi connectivity index (χ1n) is 4.43. The number of hydrogen-bond acceptors (Lipinski definition) is 1. The second-order valence-corrected chi connectivity index (χ2v) is 4.09. The fourth-order valence-electron chi connectivity index (χ4n) is 2.05. The fraction of sp³-hybridized carbons (Fsp3) is 1.00. The van der Waals surface area contributed by atoms with Crippen molar-refractivity contribution in [1.82, 2.24) is 5.32 Å². The minimum absolute atomic E-state index is 0.240. The van der Waals surface area contributed by atoms with E-state index in [1.54, 1.807) is 6.92 Å². The highest BCUT2D eigenvalue weighted by Gasteiger charge is 2.37. The molecule has 1 heterocycles. The van der Waals surface area contributed by atoms with E-state index in [9.17, 15) is 4.39 Å². The fourth-order valence-corrected chi connectivity index (χ4v) is 2.05. The van der Waals surface area contributed by atoms with Crippen LogP contribution < -0.4 is 5.32 Å². The summed E-state index contributed by atoms with van der Waals surface area (Å²) in [5.74, 6) is 0.704. The molecule has 1 aliphatic heterocycles. The molecule has 1 N–H and O–H groups in total. The number of hydrogen-bond donors (Lipinski definition) is 1. The molecule has 2 atom stereocenters. The molecule has 0 amide bonds. The zero-order valence-corrected chi connectivity index (χ0v) is 7.65. The number of halogens is 1. The van der Waals surface area contributed by atoms with Crippen molar-refractivity contribution in [2.24, 2.45) is 11.8 Å². The summed E-state index contributed by atoms with van der Waals surface area (Å²) in [5.41, 5.74) is -0.994. The molecule has 0 aromatic heterocycles. The van der Waals surface area contributed by atoms with Crippen LogP contribution in [-0.2, 0) is 0 Å². The SMILES string of the molecule is CC(C)C1CCNCC1(C)F. The van der Waals surface area contributed by atoms with E-state index in [-0.39, 0.29) is 5.92 Å². The molecule has 1 fully saturated rings. The maximum atomic E-state index is 13.7. The van der Waals surface area contributed by atoms with Gasteiger partial charge in [-0.15, -0.1) is 0 Å². The molecule has 1 rings (SSSR count). The molecule has 1 aliphatic rings. The van der Waals surface area contributed by atoms with Crippen molar-refractivity contribution >= 4 is 0 Å². The highest BCUT2D eigenvalue weighted by atomic mass is 19.1. The van der Waals surface area contributed by atoms with E-state index in [1.807, 2.05) is 0 Å². The second-order valence-electron chi connectivity index (χ2n) is 4.09. The predicted octanol–water partition coefficient (Wildman–Crippen LogP) is 1.98. The van der Waals surface area contributed by atoms with Gasteiger partial charge in [-0.2, -0.15) is 0 Å². The van der Waals surface area contributed by atoms with Gasteiger partial charge in [-0.3, -0.25) is 0 Å². The molecule has 2 heteroatoms. The van der Waals surface area contributed by atoms with Gasteiger partial charge in [0.15, 0.2) is 0 Å². The molecule has 0 saturated carbocycles. The van der Waals surface area contributed by atoms with Crippen LogP contribution in [0.15, 0.2) is 0 Å². The van der Waals surface area contributed by atoms with E-state index < -0.39 is 5.67 Å². The summed E-state index contributed by atoms with van der Waals surface area (Å²) in [5, 5.41) is 3.08. The Morgan fingerprint density at radius 3 is 2.55 bits per heavy atom. The lowest BCUT2D eigenvalue weighted by molar-refractivity contribution is 0.0428. The molecule has 0 aromatic rings. The third-order valence-electron chi connectivity index (χ3n) is 2.68. The zero-order chi connectivity index (χ0) is 8.48. The molecular formula is C9H18FN. The Bertz CT molecular complexity index is 132. The second kappa shape index (κ2) is 3.10. The highest BCUT2D eigenvalue weighted by Crippen LogP contribution is 2.32. The van der Waals surface area contributed by atoms with Crippen LogP contribution >= 0.6 is 0 Å². The van der Waals surface area contributed by atoms with Crippen molar-refractivity contribution in [2.45, 2.75) is 32.9 Å². The summed E-state index contributed by atoms with van der Waals surface area (Å²) >= 11 is 0. The molecule has 0 bridgehead atoms. The van der Waals surface area contributed by atoms with E-state index in [0.29, 0.717) is 12.5 Å². The molecule has 1 nitrogen and oxygen atoms in total. The first-order chi connectivity index (χ1) is 5.04. The Labute approximate surface area is 68.4 Å². The third-order valence-corrected chi connectivity index (χ3v) is 2.68. The Kier molecular flexibility index (Phi) is 2.53. The summed E-state index contributed by atoms with van der Waals surface area (Å²) in [6, 6.07) is 0. The van der Waals surface area contributed by atoms with Gasteiger partial charge in [0.2, 0.25) is 0 Å². The molecule has 11 heavy (non-hydrogen) atoms. The smallest absolute Gasteiger partial charge is 0.123 e. The molecule has 0 aromatic carbocycles. The molecule has 0 aliphatic carbocycles. The van der Waals surface area contributed by atoms with Crippen LogP contribution in [-0.4, -0.2) is 18.8 Å². The lowest BCUT2D eigenvalue weighted by Gasteiger charge is -2.37. The van der Waals surface area contributed by atoms with Crippen molar-refractivity contribution in [3.63, 3.8) is 0 Å². The predicted molar refractivity (Wildman–Crippen MR) is 45.3 cm³/mol. The van der Waals surface area contributed by atoms with Crippen molar-refractivity contribution in [3.05, 3.63) is 0 Å². The van der Waals surface area contributed by atoms with Gasteiger partial charge in [0.05, 0.1) is 0 Å². The average Bonchev–Trinajstić information content (AvgIpc) is 1.85. The lowest BCUT2D eigenvalue weighted by atomic mass is 9.78. The van der Waals surface area contributed by atoms with Crippen molar-refractivity contribution in [2.75, 3.05) is 13.1 Å². The number of nitrogens with one attached hydrogen (secondary N) is 1. The summed E-state index contributed by atoms with van der Waals surface area (Å²) in [6.45, 7) is 7.42. The van der Waals surface area contributed by atoms with Gasteiger partial charge < -0.3 is 5.32 Å². The quantitative estimate of drug-likeness (QED) is 0.617. The van der Waals surface area contributed by atoms with Crippen molar-refractivity contribution < 1.29 is 4.39 Å². The maximum absolute atomic E-state index is 13.7. The Morgan fingerprint density at radius 2 is 2.18 bits per heavy atom. The van der Waals surface area contributed by atoms with E-state index >= 15 is 0 Å². The minimum Gasteiger partial charge on any atom is -0.314 e. The number of piperidine rings is 1. The number of alkyl halides is 1. The van der Waals surface area contributed by atoms with E-state index in [0.717, 1.165) is 13.0 Å². The van der Waals surface area contributed by atoms with Crippen LogP contribution in [0, 0.1) is 11.8 Å². The highest BCUT2D eigenvalue weighted by molar-refractivity contribution is 4.90. The van der Waals surface area contributed by atoms with Crippen molar-refractivity contribution in [3.8, 4) is 0 Å². The summed E-state index contributed by atoms with van der Waals surface area (Å²) in [6.07, 6.45) is 0.977. The van der Waals surface area contributed by atoms with Gasteiger partial charge in [-0.1, -0.05) is 13.8 Å². The topological polar surface area (TPSA) is 12.0 Å². The lowest BCUT2D eigenvalue weighted by Crippen LogP contribution is -2.48. The van der Waals surface area contributed by atoms with E-state index in [1.165, 1.54) is 0 Å². The summed E-state index contributed by atoms with van der Waals surface area (Å²) in [4.78, 5) is 0. The van der Waals surface area contributed by atoms with Gasteiger partial charge in [-0.25, -0.2) is 4.39 Å². The van der Waals surface area contributed by atoms with Gasteiger partial charge in [0.25, 0.3) is 0 Å². The Balaban J connectivity index is 2.60. The summed E-state index contributed by atoms with van der Waals surface area (Å²) in [7, 11) is 0. The molecule has 0 radical (unpaired) electrons. The van der Waals surface area contributed by atoms with Gasteiger partial charge in [0, 0.05) is 6.54 Å². The molecule has 1 saturated heterocycles. The Hall–Kier alpha value is -0.110. The van der Waals surface area contributed by atoms with Gasteiger partial charge >= 0.3 is 0 Å². The third kappa shape index (κ3) is 1.92. The van der Waals surface area contributed by atoms with Crippen LogP contribution in [0.25, 0.3) is 0 Å². The minimum atomic E-state index is -0.994.